The molecule has 3 nitrogen and oxygen atoms in total. The minimum absolute atomic E-state index is 0.314. The fraction of sp³-hybridized carbons (Fsp3) is 1.00. The van der Waals surface area contributed by atoms with E-state index in [4.69, 9.17) is 9.47 Å². The third-order valence-corrected chi connectivity index (χ3v) is 3.61. The highest BCUT2D eigenvalue weighted by Crippen LogP contribution is 2.17. The molecular formula is C13H25NO2. The molecule has 94 valence electrons. The molecule has 1 saturated carbocycles. The predicted octanol–water partition coefficient (Wildman–Crippen LogP) is 2.10. The fourth-order valence-electron chi connectivity index (χ4n) is 2.64. The second kappa shape index (κ2) is 6.58. The van der Waals surface area contributed by atoms with Crippen molar-refractivity contribution in [2.45, 2.75) is 63.7 Å². The Kier molecular flexibility index (Phi) is 5.07. The van der Waals surface area contributed by atoms with Crippen LogP contribution in [0.25, 0.3) is 0 Å². The van der Waals surface area contributed by atoms with Gasteiger partial charge in [0.25, 0.3) is 0 Å². The summed E-state index contributed by atoms with van der Waals surface area (Å²) in [5.41, 5.74) is 0. The van der Waals surface area contributed by atoms with Crippen molar-refractivity contribution in [3.63, 3.8) is 0 Å². The van der Waals surface area contributed by atoms with Gasteiger partial charge in [0, 0.05) is 19.2 Å². The van der Waals surface area contributed by atoms with Gasteiger partial charge in [0.2, 0.25) is 0 Å². The van der Waals surface area contributed by atoms with Crippen LogP contribution in [-0.4, -0.2) is 38.0 Å². The SMILES string of the molecule is CC(CNC1CCCCC1)OC1CCOC1. The molecule has 2 atom stereocenters. The zero-order valence-electron chi connectivity index (χ0n) is 10.4. The van der Waals surface area contributed by atoms with Gasteiger partial charge in [-0.3, -0.25) is 0 Å². The van der Waals surface area contributed by atoms with Gasteiger partial charge in [-0.05, 0) is 26.2 Å². The van der Waals surface area contributed by atoms with Crippen LogP contribution in [0.5, 0.6) is 0 Å². The molecule has 2 fully saturated rings. The topological polar surface area (TPSA) is 30.5 Å². The van der Waals surface area contributed by atoms with E-state index in [0.717, 1.165) is 32.2 Å². The highest BCUT2D eigenvalue weighted by atomic mass is 16.5. The molecule has 0 bridgehead atoms. The van der Waals surface area contributed by atoms with E-state index in [0.29, 0.717) is 12.2 Å². The summed E-state index contributed by atoms with van der Waals surface area (Å²) in [5, 5.41) is 3.63. The maximum Gasteiger partial charge on any atom is 0.0834 e. The van der Waals surface area contributed by atoms with E-state index in [2.05, 4.69) is 12.2 Å². The van der Waals surface area contributed by atoms with Gasteiger partial charge in [-0.2, -0.15) is 0 Å². The smallest absolute Gasteiger partial charge is 0.0834 e. The minimum Gasteiger partial charge on any atom is -0.379 e. The van der Waals surface area contributed by atoms with Crippen molar-refractivity contribution in [3.8, 4) is 0 Å². The Balaban J connectivity index is 1.57. The van der Waals surface area contributed by atoms with Crippen molar-refractivity contribution in [3.05, 3.63) is 0 Å². The fourth-order valence-corrected chi connectivity index (χ4v) is 2.64. The second-order valence-corrected chi connectivity index (χ2v) is 5.18. The van der Waals surface area contributed by atoms with Crippen LogP contribution in [0.3, 0.4) is 0 Å². The normalized spacial score (nSPS) is 29.4. The van der Waals surface area contributed by atoms with Crippen LogP contribution < -0.4 is 5.32 Å². The molecule has 0 aromatic heterocycles. The summed E-state index contributed by atoms with van der Waals surface area (Å²) in [4.78, 5) is 0. The second-order valence-electron chi connectivity index (χ2n) is 5.18. The Morgan fingerprint density at radius 3 is 2.75 bits per heavy atom. The largest absolute Gasteiger partial charge is 0.379 e. The lowest BCUT2D eigenvalue weighted by Crippen LogP contribution is -2.38. The number of hydrogen-bond donors (Lipinski definition) is 1. The minimum atomic E-state index is 0.314. The molecule has 0 spiro atoms. The van der Waals surface area contributed by atoms with Gasteiger partial charge < -0.3 is 14.8 Å². The molecule has 1 saturated heterocycles. The van der Waals surface area contributed by atoms with Gasteiger partial charge in [0.05, 0.1) is 18.8 Å². The summed E-state index contributed by atoms with van der Waals surface area (Å²) in [6.45, 7) is 4.80. The highest BCUT2D eigenvalue weighted by molar-refractivity contribution is 4.74. The van der Waals surface area contributed by atoms with Gasteiger partial charge in [0.1, 0.15) is 0 Å². The molecule has 3 heteroatoms. The maximum atomic E-state index is 5.91. The first-order valence-corrected chi connectivity index (χ1v) is 6.81. The lowest BCUT2D eigenvalue weighted by molar-refractivity contribution is -0.00707. The van der Waals surface area contributed by atoms with E-state index < -0.39 is 0 Å². The van der Waals surface area contributed by atoms with Gasteiger partial charge >= 0.3 is 0 Å². The summed E-state index contributed by atoms with van der Waals surface area (Å²) in [6.07, 6.45) is 8.61. The van der Waals surface area contributed by atoms with E-state index in [1.54, 1.807) is 0 Å². The van der Waals surface area contributed by atoms with E-state index in [-0.39, 0.29) is 0 Å². The van der Waals surface area contributed by atoms with Crippen molar-refractivity contribution in [1.29, 1.82) is 0 Å². The van der Waals surface area contributed by atoms with Crippen molar-refractivity contribution in [2.75, 3.05) is 19.8 Å². The Hall–Kier alpha value is -0.120. The van der Waals surface area contributed by atoms with Crippen molar-refractivity contribution >= 4 is 0 Å². The van der Waals surface area contributed by atoms with Gasteiger partial charge in [-0.15, -0.1) is 0 Å². The molecular weight excluding hydrogens is 202 g/mol. The van der Waals surface area contributed by atoms with Crippen molar-refractivity contribution in [1.82, 2.24) is 5.32 Å². The third kappa shape index (κ3) is 4.04. The van der Waals surface area contributed by atoms with Crippen LogP contribution in [0, 0.1) is 0 Å². The molecule has 1 heterocycles. The first-order chi connectivity index (χ1) is 7.84. The molecule has 2 rings (SSSR count). The van der Waals surface area contributed by atoms with Crippen LogP contribution in [0.4, 0.5) is 0 Å². The Bertz CT molecular complexity index is 186. The van der Waals surface area contributed by atoms with Crippen LogP contribution in [0.15, 0.2) is 0 Å². The molecule has 2 aliphatic rings. The number of rotatable bonds is 5. The molecule has 1 N–H and O–H groups in total. The van der Waals surface area contributed by atoms with Crippen molar-refractivity contribution < 1.29 is 9.47 Å². The summed E-state index contributed by atoms with van der Waals surface area (Å²) < 4.78 is 11.2. The van der Waals surface area contributed by atoms with E-state index in [1.165, 1.54) is 32.1 Å². The van der Waals surface area contributed by atoms with E-state index in [1.807, 2.05) is 0 Å². The monoisotopic (exact) mass is 227 g/mol. The highest BCUT2D eigenvalue weighted by Gasteiger charge is 2.19. The molecule has 1 aliphatic carbocycles. The number of hydrogen-bond acceptors (Lipinski definition) is 3. The molecule has 1 aliphatic heterocycles. The molecule has 0 aromatic carbocycles. The van der Waals surface area contributed by atoms with E-state index >= 15 is 0 Å². The lowest BCUT2D eigenvalue weighted by atomic mass is 9.95. The number of nitrogens with one attached hydrogen (secondary N) is 1. The lowest BCUT2D eigenvalue weighted by Gasteiger charge is -2.25. The zero-order valence-corrected chi connectivity index (χ0v) is 10.4. The molecule has 2 unspecified atom stereocenters. The Morgan fingerprint density at radius 1 is 1.25 bits per heavy atom. The first-order valence-electron chi connectivity index (χ1n) is 6.81. The first kappa shape index (κ1) is 12.3. The van der Waals surface area contributed by atoms with Gasteiger partial charge in [0.15, 0.2) is 0 Å². The number of ether oxygens (including phenoxy) is 2. The Labute approximate surface area is 98.9 Å². The standard InChI is InChI=1S/C13H25NO2/c1-11(16-13-7-8-15-10-13)9-14-12-5-3-2-4-6-12/h11-14H,2-10H2,1H3. The van der Waals surface area contributed by atoms with Crippen LogP contribution in [0.2, 0.25) is 0 Å². The average Bonchev–Trinajstić information content (AvgIpc) is 2.81. The Morgan fingerprint density at radius 2 is 2.06 bits per heavy atom. The summed E-state index contributed by atoms with van der Waals surface area (Å²) in [5.74, 6) is 0. The van der Waals surface area contributed by atoms with Crippen LogP contribution >= 0.6 is 0 Å². The zero-order chi connectivity index (χ0) is 11.2. The predicted molar refractivity (Wildman–Crippen MR) is 64.6 cm³/mol. The molecule has 16 heavy (non-hydrogen) atoms. The molecule has 0 amide bonds. The van der Waals surface area contributed by atoms with Crippen molar-refractivity contribution in [2.24, 2.45) is 0 Å². The molecule has 0 aromatic rings. The average molecular weight is 227 g/mol. The van der Waals surface area contributed by atoms with Crippen LogP contribution in [-0.2, 0) is 9.47 Å². The quantitative estimate of drug-likeness (QED) is 0.780. The van der Waals surface area contributed by atoms with E-state index in [9.17, 15) is 0 Å². The summed E-state index contributed by atoms with van der Waals surface area (Å²) >= 11 is 0. The summed E-state index contributed by atoms with van der Waals surface area (Å²) in [7, 11) is 0. The van der Waals surface area contributed by atoms with Crippen LogP contribution in [0.1, 0.15) is 45.4 Å². The molecule has 0 radical (unpaired) electrons. The maximum absolute atomic E-state index is 5.91. The summed E-state index contributed by atoms with van der Waals surface area (Å²) in [6, 6.07) is 0.736. The van der Waals surface area contributed by atoms with Gasteiger partial charge in [-0.25, -0.2) is 0 Å². The van der Waals surface area contributed by atoms with Gasteiger partial charge in [-0.1, -0.05) is 19.3 Å². The third-order valence-electron chi connectivity index (χ3n) is 3.61.